The van der Waals surface area contributed by atoms with Gasteiger partial charge < -0.3 is 19.5 Å². The van der Waals surface area contributed by atoms with E-state index in [1.54, 1.807) is 30.4 Å². The highest BCUT2D eigenvalue weighted by molar-refractivity contribution is 5.74. The summed E-state index contributed by atoms with van der Waals surface area (Å²) < 4.78 is 9.85. The number of benzene rings is 1. The summed E-state index contributed by atoms with van der Waals surface area (Å²) in [5.74, 6) is 0.858. The van der Waals surface area contributed by atoms with E-state index < -0.39 is 0 Å². The molecular formula is C13H13NO4. The number of hydrogen-bond acceptors (Lipinski definition) is 5. The van der Waals surface area contributed by atoms with Gasteiger partial charge in [-0.1, -0.05) is 23.4 Å². The van der Waals surface area contributed by atoms with Gasteiger partial charge in [-0.25, -0.2) is 0 Å². The average Bonchev–Trinajstić information content (AvgIpc) is 2.85. The highest BCUT2D eigenvalue weighted by Gasteiger charge is 2.06. The first-order valence-electron chi connectivity index (χ1n) is 5.34. The van der Waals surface area contributed by atoms with Crippen LogP contribution in [0, 0.1) is 0 Å². The molecule has 0 amide bonds. The van der Waals surface area contributed by atoms with E-state index in [4.69, 9.17) is 14.4 Å². The molecule has 1 aromatic carbocycles. The van der Waals surface area contributed by atoms with Crippen LogP contribution < -0.4 is 4.74 Å². The number of ether oxygens (including phenoxy) is 1. The van der Waals surface area contributed by atoms with Crippen molar-refractivity contribution in [1.29, 1.82) is 0 Å². The summed E-state index contributed by atoms with van der Waals surface area (Å²) in [7, 11) is 1.49. The molecule has 0 unspecified atom stereocenters. The minimum atomic E-state index is -0.218. The summed E-state index contributed by atoms with van der Waals surface area (Å²) in [5, 5.41) is 22.5. The van der Waals surface area contributed by atoms with Gasteiger partial charge >= 0.3 is 0 Å². The topological polar surface area (TPSA) is 75.7 Å². The zero-order valence-electron chi connectivity index (χ0n) is 9.83. The molecule has 0 aliphatic heterocycles. The Hall–Kier alpha value is -2.27. The minimum absolute atomic E-state index is 0.0678. The molecule has 0 saturated heterocycles. The molecular weight excluding hydrogens is 234 g/mol. The van der Waals surface area contributed by atoms with Gasteiger partial charge in [0.2, 0.25) is 0 Å². The number of nitrogens with zero attached hydrogens (tertiary/aromatic N) is 1. The standard InChI is InChI=1S/C13H13NO4/c1-17-11-4-2-3-9(13(11)16)5-6-10-7-14-18-12(10)8-15/h2-7,15-16H,8H2,1H3. The lowest BCUT2D eigenvalue weighted by atomic mass is 10.1. The predicted molar refractivity (Wildman–Crippen MR) is 66.0 cm³/mol. The maximum Gasteiger partial charge on any atom is 0.169 e. The lowest BCUT2D eigenvalue weighted by molar-refractivity contribution is 0.228. The number of phenols is 1. The first kappa shape index (κ1) is 12.2. The molecule has 18 heavy (non-hydrogen) atoms. The van der Waals surface area contributed by atoms with Gasteiger partial charge in [-0.2, -0.15) is 0 Å². The number of aliphatic hydroxyl groups is 1. The predicted octanol–water partition coefficient (Wildman–Crippen LogP) is 2.05. The Morgan fingerprint density at radius 2 is 2.11 bits per heavy atom. The summed E-state index contributed by atoms with van der Waals surface area (Å²) in [6.07, 6.45) is 4.90. The number of hydrogen-bond donors (Lipinski definition) is 2. The highest BCUT2D eigenvalue weighted by atomic mass is 16.5. The Morgan fingerprint density at radius 1 is 1.33 bits per heavy atom. The summed E-state index contributed by atoms with van der Waals surface area (Å²) >= 11 is 0. The van der Waals surface area contributed by atoms with E-state index in [1.165, 1.54) is 13.3 Å². The zero-order chi connectivity index (χ0) is 13.0. The highest BCUT2D eigenvalue weighted by Crippen LogP contribution is 2.30. The molecule has 5 nitrogen and oxygen atoms in total. The third kappa shape index (κ3) is 2.36. The van der Waals surface area contributed by atoms with Crippen LogP contribution in [0.25, 0.3) is 12.2 Å². The average molecular weight is 247 g/mol. The van der Waals surface area contributed by atoms with E-state index in [1.807, 2.05) is 0 Å². The maximum absolute atomic E-state index is 9.88. The van der Waals surface area contributed by atoms with Crippen molar-refractivity contribution in [3.63, 3.8) is 0 Å². The number of phenolic OH excluding ortho intramolecular Hbond substituents is 1. The number of rotatable bonds is 4. The molecule has 2 rings (SSSR count). The summed E-state index contributed by atoms with van der Waals surface area (Å²) in [6, 6.07) is 5.20. The van der Waals surface area contributed by atoms with Gasteiger partial charge in [0.1, 0.15) is 6.61 Å². The molecule has 0 spiro atoms. The number of aromatic nitrogens is 1. The number of aromatic hydroxyl groups is 1. The Bertz CT molecular complexity index is 560. The van der Waals surface area contributed by atoms with Gasteiger partial charge in [-0.05, 0) is 12.1 Å². The summed E-state index contributed by atoms with van der Waals surface area (Å²) in [5.41, 5.74) is 1.28. The van der Waals surface area contributed by atoms with E-state index in [-0.39, 0.29) is 12.4 Å². The van der Waals surface area contributed by atoms with Crippen molar-refractivity contribution in [3.8, 4) is 11.5 Å². The fourth-order valence-electron chi connectivity index (χ4n) is 1.55. The lowest BCUT2D eigenvalue weighted by Gasteiger charge is -2.04. The molecule has 1 heterocycles. The van der Waals surface area contributed by atoms with Crippen molar-refractivity contribution >= 4 is 12.2 Å². The number of aliphatic hydroxyl groups excluding tert-OH is 1. The van der Waals surface area contributed by atoms with Gasteiger partial charge in [-0.15, -0.1) is 0 Å². The Morgan fingerprint density at radius 3 is 2.83 bits per heavy atom. The Balaban J connectivity index is 2.29. The van der Waals surface area contributed by atoms with Gasteiger partial charge in [0.05, 0.1) is 13.3 Å². The van der Waals surface area contributed by atoms with Gasteiger partial charge in [0.15, 0.2) is 17.3 Å². The third-order valence-electron chi connectivity index (χ3n) is 2.51. The van der Waals surface area contributed by atoms with E-state index in [9.17, 15) is 5.11 Å². The Labute approximate surface area is 104 Å². The van der Waals surface area contributed by atoms with Crippen LogP contribution in [0.2, 0.25) is 0 Å². The monoisotopic (exact) mass is 247 g/mol. The van der Waals surface area contributed by atoms with Crippen LogP contribution >= 0.6 is 0 Å². The van der Waals surface area contributed by atoms with Crippen LogP contribution in [0.1, 0.15) is 16.9 Å². The zero-order valence-corrected chi connectivity index (χ0v) is 9.83. The molecule has 0 radical (unpaired) electrons. The van der Waals surface area contributed by atoms with Crippen molar-refractivity contribution in [3.05, 3.63) is 41.3 Å². The van der Waals surface area contributed by atoms with E-state index in [0.29, 0.717) is 22.6 Å². The van der Waals surface area contributed by atoms with Crippen LogP contribution in [-0.4, -0.2) is 22.5 Å². The van der Waals surface area contributed by atoms with Crippen molar-refractivity contribution < 1.29 is 19.5 Å². The van der Waals surface area contributed by atoms with Crippen molar-refractivity contribution in [1.82, 2.24) is 5.16 Å². The molecule has 1 aromatic heterocycles. The van der Waals surface area contributed by atoms with Crippen LogP contribution in [-0.2, 0) is 6.61 Å². The number of methoxy groups -OCH3 is 1. The fraction of sp³-hybridized carbons (Fsp3) is 0.154. The molecule has 0 aliphatic rings. The van der Waals surface area contributed by atoms with Crippen LogP contribution in [0.5, 0.6) is 11.5 Å². The first-order chi connectivity index (χ1) is 8.76. The molecule has 5 heteroatoms. The summed E-state index contributed by atoms with van der Waals surface area (Å²) in [6.45, 7) is -0.218. The molecule has 2 N–H and O–H groups in total. The van der Waals surface area contributed by atoms with Gasteiger partial charge in [-0.3, -0.25) is 0 Å². The molecule has 0 bridgehead atoms. The third-order valence-corrected chi connectivity index (χ3v) is 2.51. The van der Waals surface area contributed by atoms with Crippen molar-refractivity contribution in [2.24, 2.45) is 0 Å². The second-order valence-electron chi connectivity index (χ2n) is 3.59. The normalized spacial score (nSPS) is 11.0. The molecule has 0 aliphatic carbocycles. The molecule has 0 saturated carbocycles. The molecule has 0 atom stereocenters. The van der Waals surface area contributed by atoms with Crippen LogP contribution in [0.15, 0.2) is 28.9 Å². The Kier molecular flexibility index (Phi) is 3.64. The quantitative estimate of drug-likeness (QED) is 0.864. The first-order valence-corrected chi connectivity index (χ1v) is 5.34. The van der Waals surface area contributed by atoms with E-state index in [2.05, 4.69) is 5.16 Å². The van der Waals surface area contributed by atoms with Crippen LogP contribution in [0.4, 0.5) is 0 Å². The molecule has 2 aromatic rings. The van der Waals surface area contributed by atoms with E-state index >= 15 is 0 Å². The summed E-state index contributed by atoms with van der Waals surface area (Å²) in [4.78, 5) is 0. The lowest BCUT2D eigenvalue weighted by Crippen LogP contribution is -1.85. The minimum Gasteiger partial charge on any atom is -0.504 e. The van der Waals surface area contributed by atoms with E-state index in [0.717, 1.165) is 0 Å². The second kappa shape index (κ2) is 5.37. The smallest absolute Gasteiger partial charge is 0.169 e. The molecule has 94 valence electrons. The maximum atomic E-state index is 9.88. The van der Waals surface area contributed by atoms with Gasteiger partial charge in [0.25, 0.3) is 0 Å². The molecule has 0 fully saturated rings. The second-order valence-corrected chi connectivity index (χ2v) is 3.59. The van der Waals surface area contributed by atoms with Crippen molar-refractivity contribution in [2.45, 2.75) is 6.61 Å². The van der Waals surface area contributed by atoms with Gasteiger partial charge in [0, 0.05) is 11.1 Å². The largest absolute Gasteiger partial charge is 0.504 e. The van der Waals surface area contributed by atoms with Crippen LogP contribution in [0.3, 0.4) is 0 Å². The number of para-hydroxylation sites is 1. The fourth-order valence-corrected chi connectivity index (χ4v) is 1.55. The van der Waals surface area contributed by atoms with Crippen molar-refractivity contribution in [2.75, 3.05) is 7.11 Å². The SMILES string of the molecule is COc1cccc(C=Cc2cnoc2CO)c1O.